The summed E-state index contributed by atoms with van der Waals surface area (Å²) in [5.74, 6) is 0.817. The standard InChI is InChI=1S/C31H29NO2/c1-3-30(33)29(21-22-17-19-24(34-2)20-18-22)32-31(23-11-5-4-6-12-23)27-15-9-7-13-25(27)26-14-8-10-16-28(26)31/h3-20,29-30,32-33H,1,21H2,2H3/t29-,30+/m1/s1. The Morgan fingerprint density at radius 3 is 1.94 bits per heavy atom. The van der Waals surface area contributed by atoms with Crippen LogP contribution in [-0.2, 0) is 12.0 Å². The van der Waals surface area contributed by atoms with Crippen molar-refractivity contribution in [2.24, 2.45) is 0 Å². The number of fused-ring (bicyclic) bond motifs is 3. The zero-order chi connectivity index (χ0) is 23.5. The maximum Gasteiger partial charge on any atom is 0.118 e. The Balaban J connectivity index is 1.66. The van der Waals surface area contributed by atoms with Gasteiger partial charge in [0.2, 0.25) is 0 Å². The Morgan fingerprint density at radius 2 is 1.38 bits per heavy atom. The highest BCUT2D eigenvalue weighted by Gasteiger charge is 2.46. The van der Waals surface area contributed by atoms with E-state index in [0.717, 1.165) is 16.9 Å². The van der Waals surface area contributed by atoms with Crippen molar-refractivity contribution in [1.82, 2.24) is 5.32 Å². The van der Waals surface area contributed by atoms with Crippen LogP contribution in [0.15, 0.2) is 116 Å². The Labute approximate surface area is 201 Å². The summed E-state index contributed by atoms with van der Waals surface area (Å²) in [6, 6.07) is 35.4. The molecule has 0 heterocycles. The minimum Gasteiger partial charge on any atom is -0.497 e. The van der Waals surface area contributed by atoms with Gasteiger partial charge in [-0.25, -0.2) is 0 Å². The first-order valence-corrected chi connectivity index (χ1v) is 11.6. The molecular formula is C31H29NO2. The predicted octanol–water partition coefficient (Wildman–Crippen LogP) is 5.72. The first-order chi connectivity index (χ1) is 16.7. The summed E-state index contributed by atoms with van der Waals surface area (Å²) < 4.78 is 5.32. The number of aliphatic hydroxyl groups is 1. The van der Waals surface area contributed by atoms with Crippen molar-refractivity contribution >= 4 is 0 Å². The molecule has 0 unspecified atom stereocenters. The molecule has 3 nitrogen and oxygen atoms in total. The van der Waals surface area contributed by atoms with E-state index in [1.165, 1.54) is 22.3 Å². The second kappa shape index (κ2) is 9.30. The van der Waals surface area contributed by atoms with Gasteiger partial charge in [0, 0.05) is 6.04 Å². The van der Waals surface area contributed by atoms with E-state index in [0.29, 0.717) is 6.42 Å². The molecule has 1 aliphatic rings. The molecule has 2 atom stereocenters. The van der Waals surface area contributed by atoms with Gasteiger partial charge < -0.3 is 9.84 Å². The number of rotatable bonds is 8. The fourth-order valence-corrected chi connectivity index (χ4v) is 5.19. The average molecular weight is 448 g/mol. The first kappa shape index (κ1) is 22.1. The molecule has 170 valence electrons. The molecule has 4 aromatic rings. The van der Waals surface area contributed by atoms with Crippen molar-refractivity contribution in [2.45, 2.75) is 24.1 Å². The van der Waals surface area contributed by atoms with E-state index in [2.05, 4.69) is 96.8 Å². The number of benzene rings is 4. The van der Waals surface area contributed by atoms with Gasteiger partial charge in [0.05, 0.1) is 18.8 Å². The number of hydrogen-bond acceptors (Lipinski definition) is 3. The number of nitrogens with one attached hydrogen (secondary N) is 1. The fourth-order valence-electron chi connectivity index (χ4n) is 5.19. The molecule has 0 aromatic heterocycles. The van der Waals surface area contributed by atoms with Gasteiger partial charge in [-0.3, -0.25) is 5.32 Å². The molecule has 2 N–H and O–H groups in total. The fraction of sp³-hybridized carbons (Fsp3) is 0.161. The number of ether oxygens (including phenoxy) is 1. The summed E-state index contributed by atoms with van der Waals surface area (Å²) >= 11 is 0. The predicted molar refractivity (Wildman–Crippen MR) is 138 cm³/mol. The van der Waals surface area contributed by atoms with Gasteiger partial charge in [-0.15, -0.1) is 6.58 Å². The molecule has 0 saturated carbocycles. The summed E-state index contributed by atoms with van der Waals surface area (Å²) in [4.78, 5) is 0. The van der Waals surface area contributed by atoms with Gasteiger partial charge in [-0.05, 0) is 51.9 Å². The van der Waals surface area contributed by atoms with E-state index in [1.54, 1.807) is 13.2 Å². The number of aliphatic hydroxyl groups excluding tert-OH is 1. The third-order valence-electron chi connectivity index (χ3n) is 6.83. The van der Waals surface area contributed by atoms with Crippen LogP contribution in [-0.4, -0.2) is 24.4 Å². The van der Waals surface area contributed by atoms with Crippen LogP contribution >= 0.6 is 0 Å². The van der Waals surface area contributed by atoms with Gasteiger partial charge >= 0.3 is 0 Å². The molecule has 0 aliphatic heterocycles. The van der Waals surface area contributed by atoms with Crippen LogP contribution < -0.4 is 10.1 Å². The van der Waals surface area contributed by atoms with Gasteiger partial charge in [0.25, 0.3) is 0 Å². The SMILES string of the molecule is C=C[C@H](O)[C@@H](Cc1ccc(OC)cc1)NC1(c2ccccc2)c2ccccc2-c2ccccc21. The van der Waals surface area contributed by atoms with Crippen LogP contribution in [0.1, 0.15) is 22.3 Å². The lowest BCUT2D eigenvalue weighted by Gasteiger charge is -2.39. The lowest BCUT2D eigenvalue weighted by atomic mass is 9.79. The molecule has 0 fully saturated rings. The van der Waals surface area contributed by atoms with Crippen LogP contribution in [0.25, 0.3) is 11.1 Å². The average Bonchev–Trinajstić information content (AvgIpc) is 3.19. The third kappa shape index (κ3) is 3.73. The molecule has 34 heavy (non-hydrogen) atoms. The van der Waals surface area contributed by atoms with E-state index in [9.17, 15) is 5.11 Å². The zero-order valence-electron chi connectivity index (χ0n) is 19.3. The molecule has 5 rings (SSSR count). The van der Waals surface area contributed by atoms with Gasteiger partial charge in [0.1, 0.15) is 5.75 Å². The Hall–Kier alpha value is -3.66. The van der Waals surface area contributed by atoms with Crippen LogP contribution in [0.4, 0.5) is 0 Å². The summed E-state index contributed by atoms with van der Waals surface area (Å²) in [7, 11) is 1.67. The topological polar surface area (TPSA) is 41.5 Å². The molecule has 0 radical (unpaired) electrons. The minimum absolute atomic E-state index is 0.273. The monoisotopic (exact) mass is 447 g/mol. The molecule has 1 aliphatic carbocycles. The van der Waals surface area contributed by atoms with E-state index < -0.39 is 11.6 Å². The smallest absolute Gasteiger partial charge is 0.118 e. The second-order valence-electron chi connectivity index (χ2n) is 8.74. The molecular weight excluding hydrogens is 418 g/mol. The highest BCUT2D eigenvalue weighted by Crippen LogP contribution is 2.51. The van der Waals surface area contributed by atoms with Crippen molar-refractivity contribution in [2.75, 3.05) is 7.11 Å². The lowest BCUT2D eigenvalue weighted by molar-refractivity contribution is 0.157. The summed E-state index contributed by atoms with van der Waals surface area (Å²) in [5, 5.41) is 15.0. The largest absolute Gasteiger partial charge is 0.497 e. The van der Waals surface area contributed by atoms with E-state index in [-0.39, 0.29) is 6.04 Å². The highest BCUT2D eigenvalue weighted by molar-refractivity contribution is 5.83. The molecule has 0 spiro atoms. The van der Waals surface area contributed by atoms with Crippen molar-refractivity contribution in [3.63, 3.8) is 0 Å². The van der Waals surface area contributed by atoms with Gasteiger partial charge in [-0.1, -0.05) is 97.1 Å². The Morgan fingerprint density at radius 1 is 0.824 bits per heavy atom. The minimum atomic E-state index is -0.734. The summed E-state index contributed by atoms with van der Waals surface area (Å²) in [6.45, 7) is 3.90. The summed E-state index contributed by atoms with van der Waals surface area (Å²) in [6.07, 6.45) is 1.52. The Bertz CT molecular complexity index is 1230. The van der Waals surface area contributed by atoms with Gasteiger partial charge in [0.15, 0.2) is 0 Å². The van der Waals surface area contributed by atoms with Crippen molar-refractivity contribution < 1.29 is 9.84 Å². The zero-order valence-corrected chi connectivity index (χ0v) is 19.3. The van der Waals surface area contributed by atoms with Crippen LogP contribution in [0, 0.1) is 0 Å². The van der Waals surface area contributed by atoms with E-state index in [4.69, 9.17) is 4.74 Å². The van der Waals surface area contributed by atoms with Crippen molar-refractivity contribution in [3.8, 4) is 16.9 Å². The van der Waals surface area contributed by atoms with E-state index >= 15 is 0 Å². The molecule has 4 aromatic carbocycles. The van der Waals surface area contributed by atoms with Crippen LogP contribution in [0.2, 0.25) is 0 Å². The first-order valence-electron chi connectivity index (χ1n) is 11.6. The van der Waals surface area contributed by atoms with E-state index in [1.807, 2.05) is 18.2 Å². The summed E-state index contributed by atoms with van der Waals surface area (Å²) in [5.41, 5.74) is 6.47. The molecule has 0 bridgehead atoms. The second-order valence-corrected chi connectivity index (χ2v) is 8.74. The Kier molecular flexibility index (Phi) is 6.06. The van der Waals surface area contributed by atoms with Crippen LogP contribution in [0.5, 0.6) is 5.75 Å². The molecule has 0 amide bonds. The number of hydrogen-bond donors (Lipinski definition) is 2. The lowest BCUT2D eigenvalue weighted by Crippen LogP contribution is -2.53. The maximum atomic E-state index is 11.1. The molecule has 3 heteroatoms. The van der Waals surface area contributed by atoms with Crippen molar-refractivity contribution in [1.29, 1.82) is 0 Å². The maximum absolute atomic E-state index is 11.1. The molecule has 0 saturated heterocycles. The normalized spacial score (nSPS) is 15.1. The van der Waals surface area contributed by atoms with Gasteiger partial charge in [-0.2, -0.15) is 0 Å². The van der Waals surface area contributed by atoms with Crippen molar-refractivity contribution in [3.05, 3.63) is 138 Å². The number of methoxy groups -OCH3 is 1. The quantitative estimate of drug-likeness (QED) is 0.340. The third-order valence-corrected chi connectivity index (χ3v) is 6.83. The highest BCUT2D eigenvalue weighted by atomic mass is 16.5. The van der Waals surface area contributed by atoms with Crippen LogP contribution in [0.3, 0.4) is 0 Å².